The van der Waals surface area contributed by atoms with Crippen LogP contribution in [0.2, 0.25) is 0 Å². The minimum Gasteiger partial charge on any atom is -0.481 e. The summed E-state index contributed by atoms with van der Waals surface area (Å²) in [5, 5.41) is 8.18. The summed E-state index contributed by atoms with van der Waals surface area (Å²) in [6.07, 6.45) is 0.710. The first-order valence-electron chi connectivity index (χ1n) is 5.96. The molecule has 0 fully saturated rings. The fourth-order valence-corrected chi connectivity index (χ4v) is 0.565. The van der Waals surface area contributed by atoms with Gasteiger partial charge in [-0.1, -0.05) is 13.8 Å². The van der Waals surface area contributed by atoms with Crippen molar-refractivity contribution in [3.05, 3.63) is 0 Å². The molecule has 0 aliphatic heterocycles. The van der Waals surface area contributed by atoms with E-state index in [0.29, 0.717) is 0 Å². The average molecular weight is 246 g/mol. The molecule has 0 radical (unpaired) electrons. The van der Waals surface area contributed by atoms with Crippen molar-refractivity contribution in [3.8, 4) is 0 Å². The van der Waals surface area contributed by atoms with E-state index in [2.05, 4.69) is 0 Å². The average Bonchev–Trinajstić information content (AvgIpc) is 2.14. The molecule has 0 aromatic heterocycles. The van der Waals surface area contributed by atoms with Gasteiger partial charge < -0.3 is 9.84 Å². The zero-order chi connectivity index (χ0) is 14.2. The molecule has 1 unspecified atom stereocenters. The van der Waals surface area contributed by atoms with Crippen molar-refractivity contribution in [1.82, 2.24) is 0 Å². The van der Waals surface area contributed by atoms with Crippen LogP contribution in [0, 0.1) is 11.3 Å². The van der Waals surface area contributed by atoms with Crippen molar-refractivity contribution in [1.29, 1.82) is 0 Å². The van der Waals surface area contributed by atoms with E-state index in [9.17, 15) is 9.59 Å². The number of hydrogen-bond acceptors (Lipinski definition) is 3. The van der Waals surface area contributed by atoms with Gasteiger partial charge in [0.15, 0.2) is 0 Å². The molecule has 0 aliphatic rings. The van der Waals surface area contributed by atoms with Crippen LogP contribution >= 0.6 is 0 Å². The zero-order valence-corrected chi connectivity index (χ0v) is 12.0. The first-order chi connectivity index (χ1) is 7.52. The van der Waals surface area contributed by atoms with Crippen molar-refractivity contribution in [2.75, 3.05) is 0 Å². The summed E-state index contributed by atoms with van der Waals surface area (Å²) in [5.41, 5.74) is -0.371. The molecule has 4 nitrogen and oxygen atoms in total. The number of aliphatic carboxylic acids is 1. The molecule has 0 rings (SSSR count). The van der Waals surface area contributed by atoms with E-state index in [1.165, 1.54) is 0 Å². The van der Waals surface area contributed by atoms with Crippen LogP contribution in [-0.2, 0) is 14.3 Å². The quantitative estimate of drug-likeness (QED) is 0.777. The molecule has 0 heterocycles. The van der Waals surface area contributed by atoms with E-state index in [1.54, 1.807) is 6.92 Å². The maximum absolute atomic E-state index is 11.1. The fourth-order valence-electron chi connectivity index (χ4n) is 0.565. The van der Waals surface area contributed by atoms with Crippen LogP contribution < -0.4 is 0 Å². The first kappa shape index (κ1) is 18.3. The molecular weight excluding hydrogens is 220 g/mol. The number of carboxylic acids is 1. The molecule has 0 bridgehead atoms. The zero-order valence-electron chi connectivity index (χ0n) is 12.0. The lowest BCUT2D eigenvalue weighted by Crippen LogP contribution is -2.25. The van der Waals surface area contributed by atoms with E-state index >= 15 is 0 Å². The number of carbonyl (C=O) groups is 2. The van der Waals surface area contributed by atoms with E-state index in [0.717, 1.165) is 6.42 Å². The molecular formula is C13H26O4. The highest BCUT2D eigenvalue weighted by molar-refractivity contribution is 5.75. The summed E-state index contributed by atoms with van der Waals surface area (Å²) in [6, 6.07) is 0. The van der Waals surface area contributed by atoms with Crippen LogP contribution in [0.3, 0.4) is 0 Å². The Morgan fingerprint density at radius 2 is 1.59 bits per heavy atom. The SMILES string of the molecule is CC(C)OC(=O)C(C)(C)C.CCC(C)C(=O)O. The summed E-state index contributed by atoms with van der Waals surface area (Å²) in [5.74, 6) is -1.02. The normalized spacial score (nSPS) is 12.5. The third-order valence-corrected chi connectivity index (χ3v) is 1.99. The smallest absolute Gasteiger partial charge is 0.311 e. The lowest BCUT2D eigenvalue weighted by atomic mass is 9.97. The van der Waals surface area contributed by atoms with Gasteiger partial charge in [-0.3, -0.25) is 9.59 Å². The molecule has 102 valence electrons. The van der Waals surface area contributed by atoms with Crippen molar-refractivity contribution in [2.24, 2.45) is 11.3 Å². The van der Waals surface area contributed by atoms with E-state index < -0.39 is 5.97 Å². The molecule has 0 spiro atoms. The second-order valence-corrected chi connectivity index (χ2v) is 5.35. The number of carboxylic acid groups (broad SMARTS) is 1. The van der Waals surface area contributed by atoms with Gasteiger partial charge in [-0.15, -0.1) is 0 Å². The summed E-state index contributed by atoms with van der Waals surface area (Å²) < 4.78 is 4.98. The Labute approximate surface area is 104 Å². The highest BCUT2D eigenvalue weighted by Crippen LogP contribution is 2.15. The van der Waals surface area contributed by atoms with Gasteiger partial charge >= 0.3 is 11.9 Å². The van der Waals surface area contributed by atoms with Crippen molar-refractivity contribution >= 4 is 11.9 Å². The van der Waals surface area contributed by atoms with E-state index in [4.69, 9.17) is 9.84 Å². The van der Waals surface area contributed by atoms with Crippen LogP contribution in [-0.4, -0.2) is 23.1 Å². The predicted molar refractivity (Wildman–Crippen MR) is 67.8 cm³/mol. The Kier molecular flexibility index (Phi) is 8.72. The van der Waals surface area contributed by atoms with Crippen molar-refractivity contribution in [2.45, 2.75) is 61.0 Å². The minimum absolute atomic E-state index is 0.00766. The molecule has 17 heavy (non-hydrogen) atoms. The fraction of sp³-hybridized carbons (Fsp3) is 0.846. The Morgan fingerprint density at radius 1 is 1.18 bits per heavy atom. The number of carbonyl (C=O) groups excluding carboxylic acids is 1. The predicted octanol–water partition coefficient (Wildman–Crippen LogP) is 3.10. The van der Waals surface area contributed by atoms with Crippen molar-refractivity contribution < 1.29 is 19.4 Å². The van der Waals surface area contributed by atoms with Gasteiger partial charge in [-0.05, 0) is 41.0 Å². The van der Waals surface area contributed by atoms with Gasteiger partial charge in [-0.2, -0.15) is 0 Å². The third-order valence-electron chi connectivity index (χ3n) is 1.99. The number of esters is 1. The van der Waals surface area contributed by atoms with Crippen LogP contribution in [0.5, 0.6) is 0 Å². The Morgan fingerprint density at radius 3 is 1.65 bits per heavy atom. The molecule has 0 saturated carbocycles. The lowest BCUT2D eigenvalue weighted by molar-refractivity contribution is -0.156. The Bertz CT molecular complexity index is 238. The van der Waals surface area contributed by atoms with E-state index in [-0.39, 0.29) is 23.4 Å². The van der Waals surface area contributed by atoms with Crippen LogP contribution in [0.15, 0.2) is 0 Å². The first-order valence-corrected chi connectivity index (χ1v) is 5.96. The molecule has 4 heteroatoms. The topological polar surface area (TPSA) is 63.6 Å². The van der Waals surface area contributed by atoms with Crippen LogP contribution in [0.1, 0.15) is 54.9 Å². The van der Waals surface area contributed by atoms with Gasteiger partial charge in [0, 0.05) is 0 Å². The van der Waals surface area contributed by atoms with Gasteiger partial charge in [0.25, 0.3) is 0 Å². The number of hydrogen-bond donors (Lipinski definition) is 1. The van der Waals surface area contributed by atoms with Gasteiger partial charge in [0.2, 0.25) is 0 Å². The highest BCUT2D eigenvalue weighted by atomic mass is 16.5. The second-order valence-electron chi connectivity index (χ2n) is 5.35. The second kappa shape index (κ2) is 8.09. The molecule has 0 aromatic rings. The largest absolute Gasteiger partial charge is 0.481 e. The maximum Gasteiger partial charge on any atom is 0.311 e. The summed E-state index contributed by atoms with van der Waals surface area (Å²) in [7, 11) is 0. The van der Waals surface area contributed by atoms with Gasteiger partial charge in [-0.25, -0.2) is 0 Å². The Hall–Kier alpha value is -1.06. The third kappa shape index (κ3) is 11.2. The lowest BCUT2D eigenvalue weighted by Gasteiger charge is -2.18. The molecule has 1 atom stereocenters. The minimum atomic E-state index is -0.706. The standard InChI is InChI=1S/C8H16O2.C5H10O2/c1-6(2)10-7(9)8(3,4)5;1-3-4(2)5(6)7/h6H,1-5H3;4H,3H2,1-2H3,(H,6,7). The number of ether oxygens (including phenoxy) is 1. The van der Waals surface area contributed by atoms with Gasteiger partial charge in [0.05, 0.1) is 17.4 Å². The summed E-state index contributed by atoms with van der Waals surface area (Å²) in [6.45, 7) is 12.8. The maximum atomic E-state index is 11.1. The van der Waals surface area contributed by atoms with E-state index in [1.807, 2.05) is 41.5 Å². The summed E-state index contributed by atoms with van der Waals surface area (Å²) in [4.78, 5) is 21.0. The Balaban J connectivity index is 0. The molecule has 0 saturated heterocycles. The summed E-state index contributed by atoms with van der Waals surface area (Å²) >= 11 is 0. The molecule has 0 aliphatic carbocycles. The molecule has 1 N–H and O–H groups in total. The van der Waals surface area contributed by atoms with Gasteiger partial charge in [0.1, 0.15) is 0 Å². The highest BCUT2D eigenvalue weighted by Gasteiger charge is 2.23. The van der Waals surface area contributed by atoms with Crippen LogP contribution in [0.4, 0.5) is 0 Å². The number of rotatable bonds is 3. The molecule has 0 aromatic carbocycles. The van der Waals surface area contributed by atoms with Crippen LogP contribution in [0.25, 0.3) is 0 Å². The monoisotopic (exact) mass is 246 g/mol. The molecule has 0 amide bonds. The van der Waals surface area contributed by atoms with Crippen molar-refractivity contribution in [3.63, 3.8) is 0 Å².